The first kappa shape index (κ1) is 18.0. The highest BCUT2D eigenvalue weighted by atomic mass is 16.1. The standard InChI is InChI=1S/C27H29N3O/c31-25(15-26-11-20-8-19-9-22(14-26)27(26,12-19)13-20)28-23-7-6-21-17-30(29-24(21)10-23)16-18-4-2-1-3-5-18/h1-7,10,17,19-20,22H,8-9,11-16H2,(H,28,31). The summed E-state index contributed by atoms with van der Waals surface area (Å²) in [5.74, 6) is 2.98. The number of anilines is 1. The van der Waals surface area contributed by atoms with Crippen LogP contribution in [0.15, 0.2) is 54.7 Å². The zero-order chi connectivity index (χ0) is 20.6. The van der Waals surface area contributed by atoms with E-state index in [1.165, 1.54) is 44.1 Å². The van der Waals surface area contributed by atoms with Gasteiger partial charge < -0.3 is 5.32 Å². The molecule has 4 aliphatic rings. The number of aromatic nitrogens is 2. The van der Waals surface area contributed by atoms with E-state index >= 15 is 0 Å². The number of hydrogen-bond acceptors (Lipinski definition) is 2. The van der Waals surface area contributed by atoms with Crippen LogP contribution in [0.1, 0.15) is 50.5 Å². The molecule has 0 saturated heterocycles. The minimum atomic E-state index is 0.201. The molecule has 4 fully saturated rings. The summed E-state index contributed by atoms with van der Waals surface area (Å²) in [6.07, 6.45) is 11.1. The Labute approximate surface area is 183 Å². The van der Waals surface area contributed by atoms with Crippen LogP contribution in [0.25, 0.3) is 10.9 Å². The molecule has 5 unspecified atom stereocenters. The fourth-order valence-electron chi connectivity index (χ4n) is 8.41. The van der Waals surface area contributed by atoms with Gasteiger partial charge in [-0.3, -0.25) is 9.48 Å². The highest BCUT2D eigenvalue weighted by Gasteiger charge is 2.74. The monoisotopic (exact) mass is 411 g/mol. The SMILES string of the molecule is O=C(CC12CC3CC4CC(C1)C2(C4)C3)Nc1ccc2cn(Cc3ccccc3)nc2c1. The lowest BCUT2D eigenvalue weighted by molar-refractivity contribution is -0.136. The van der Waals surface area contributed by atoms with Crippen molar-refractivity contribution in [2.75, 3.05) is 5.32 Å². The molecule has 4 aliphatic carbocycles. The van der Waals surface area contributed by atoms with Crippen molar-refractivity contribution in [3.05, 3.63) is 60.3 Å². The molecule has 1 heterocycles. The van der Waals surface area contributed by atoms with Crippen molar-refractivity contribution in [2.24, 2.45) is 28.6 Å². The molecule has 1 spiro atoms. The molecule has 5 atom stereocenters. The van der Waals surface area contributed by atoms with E-state index < -0.39 is 0 Å². The minimum Gasteiger partial charge on any atom is -0.326 e. The van der Waals surface area contributed by atoms with E-state index in [1.807, 2.05) is 22.9 Å². The van der Waals surface area contributed by atoms with Crippen molar-refractivity contribution in [3.8, 4) is 0 Å². The molecule has 1 N–H and O–H groups in total. The molecule has 4 nitrogen and oxygen atoms in total. The number of nitrogens with zero attached hydrogens (tertiary/aromatic N) is 2. The Kier molecular flexibility index (Phi) is 3.61. The van der Waals surface area contributed by atoms with Gasteiger partial charge in [0.1, 0.15) is 0 Å². The van der Waals surface area contributed by atoms with Gasteiger partial charge in [-0.1, -0.05) is 30.3 Å². The number of benzene rings is 2. The van der Waals surface area contributed by atoms with Crippen molar-refractivity contribution >= 4 is 22.5 Å². The first-order valence-electron chi connectivity index (χ1n) is 11.9. The molecule has 4 heteroatoms. The second-order valence-corrected chi connectivity index (χ2v) is 11.0. The van der Waals surface area contributed by atoms with E-state index in [9.17, 15) is 4.79 Å². The molecule has 3 aromatic rings. The Morgan fingerprint density at radius 2 is 1.90 bits per heavy atom. The van der Waals surface area contributed by atoms with Crippen LogP contribution >= 0.6 is 0 Å². The molecular formula is C27H29N3O. The number of carbonyl (C=O) groups is 1. The van der Waals surface area contributed by atoms with Crippen LogP contribution in [0.4, 0.5) is 5.69 Å². The van der Waals surface area contributed by atoms with Crippen molar-refractivity contribution < 1.29 is 4.79 Å². The third kappa shape index (κ3) is 2.60. The first-order chi connectivity index (χ1) is 15.1. The van der Waals surface area contributed by atoms with Gasteiger partial charge in [0.25, 0.3) is 0 Å². The number of rotatable bonds is 5. The number of nitrogens with one attached hydrogen (secondary N) is 1. The smallest absolute Gasteiger partial charge is 0.224 e. The summed E-state index contributed by atoms with van der Waals surface area (Å²) in [5.41, 5.74) is 3.87. The molecule has 4 saturated carbocycles. The average molecular weight is 412 g/mol. The zero-order valence-electron chi connectivity index (χ0n) is 17.9. The highest BCUT2D eigenvalue weighted by Crippen LogP contribution is 2.82. The van der Waals surface area contributed by atoms with Crippen LogP contribution in [0.2, 0.25) is 0 Å². The van der Waals surface area contributed by atoms with Gasteiger partial charge in [0.2, 0.25) is 5.91 Å². The van der Waals surface area contributed by atoms with Gasteiger partial charge in [0.15, 0.2) is 0 Å². The Morgan fingerprint density at radius 3 is 2.81 bits per heavy atom. The quantitative estimate of drug-likeness (QED) is 0.591. The van der Waals surface area contributed by atoms with Gasteiger partial charge >= 0.3 is 0 Å². The van der Waals surface area contributed by atoms with Crippen LogP contribution < -0.4 is 5.32 Å². The third-order valence-corrected chi connectivity index (χ3v) is 9.27. The van der Waals surface area contributed by atoms with Gasteiger partial charge in [-0.15, -0.1) is 0 Å². The molecule has 3 bridgehead atoms. The Hall–Kier alpha value is -2.62. The van der Waals surface area contributed by atoms with E-state index in [2.05, 4.69) is 41.8 Å². The van der Waals surface area contributed by atoms with E-state index in [-0.39, 0.29) is 5.91 Å². The maximum Gasteiger partial charge on any atom is 0.224 e. The summed E-state index contributed by atoms with van der Waals surface area (Å²) < 4.78 is 1.98. The summed E-state index contributed by atoms with van der Waals surface area (Å²) in [4.78, 5) is 13.1. The lowest BCUT2D eigenvalue weighted by atomic mass is 9.45. The second kappa shape index (κ2) is 6.21. The van der Waals surface area contributed by atoms with Gasteiger partial charge in [-0.05, 0) is 90.9 Å². The van der Waals surface area contributed by atoms with Gasteiger partial charge in [-0.25, -0.2) is 0 Å². The van der Waals surface area contributed by atoms with E-state index in [1.54, 1.807) is 0 Å². The van der Waals surface area contributed by atoms with Crippen LogP contribution in [0, 0.1) is 28.6 Å². The van der Waals surface area contributed by atoms with Crippen LogP contribution in [0.5, 0.6) is 0 Å². The third-order valence-electron chi connectivity index (χ3n) is 9.27. The fraction of sp³-hybridized carbons (Fsp3) is 0.481. The molecule has 7 rings (SSSR count). The fourth-order valence-corrected chi connectivity index (χ4v) is 8.41. The van der Waals surface area contributed by atoms with Crippen molar-refractivity contribution in [1.82, 2.24) is 9.78 Å². The predicted molar refractivity (Wildman–Crippen MR) is 122 cm³/mol. The average Bonchev–Trinajstić information content (AvgIpc) is 3.28. The zero-order valence-corrected chi connectivity index (χ0v) is 17.9. The second-order valence-electron chi connectivity index (χ2n) is 11.0. The minimum absolute atomic E-state index is 0.201. The maximum absolute atomic E-state index is 13.1. The lowest BCUT2D eigenvalue weighted by Gasteiger charge is -2.59. The summed E-state index contributed by atoms with van der Waals surface area (Å²) in [5, 5.41) is 9.06. The molecule has 0 radical (unpaired) electrons. The molecule has 1 aromatic heterocycles. The summed E-state index contributed by atoms with van der Waals surface area (Å²) in [6, 6.07) is 16.5. The first-order valence-corrected chi connectivity index (χ1v) is 11.9. The molecule has 1 amide bonds. The summed E-state index contributed by atoms with van der Waals surface area (Å²) >= 11 is 0. The Balaban J connectivity index is 1.08. The van der Waals surface area contributed by atoms with E-state index in [4.69, 9.17) is 5.10 Å². The molecule has 31 heavy (non-hydrogen) atoms. The van der Waals surface area contributed by atoms with Gasteiger partial charge in [0, 0.05) is 23.7 Å². The Morgan fingerprint density at radius 1 is 1.03 bits per heavy atom. The van der Waals surface area contributed by atoms with Crippen molar-refractivity contribution in [1.29, 1.82) is 0 Å². The summed E-state index contributed by atoms with van der Waals surface area (Å²) in [6.45, 7) is 0.755. The number of carbonyl (C=O) groups excluding carboxylic acids is 1. The Bertz CT molecular complexity index is 1180. The predicted octanol–water partition coefficient (Wildman–Crippen LogP) is 5.63. The van der Waals surface area contributed by atoms with Crippen LogP contribution in [0.3, 0.4) is 0 Å². The largest absolute Gasteiger partial charge is 0.326 e. The van der Waals surface area contributed by atoms with Crippen molar-refractivity contribution in [3.63, 3.8) is 0 Å². The molecule has 158 valence electrons. The lowest BCUT2D eigenvalue weighted by Crippen LogP contribution is -2.53. The topological polar surface area (TPSA) is 46.9 Å². The normalized spacial score (nSPS) is 34.6. The van der Waals surface area contributed by atoms with Crippen LogP contribution in [-0.4, -0.2) is 15.7 Å². The number of fused-ring (bicyclic) bond motifs is 3. The van der Waals surface area contributed by atoms with Gasteiger partial charge in [-0.2, -0.15) is 5.10 Å². The highest BCUT2D eigenvalue weighted by molar-refractivity contribution is 5.94. The molecule has 2 aromatic carbocycles. The van der Waals surface area contributed by atoms with E-state index in [0.29, 0.717) is 17.3 Å². The number of hydrogen-bond donors (Lipinski definition) is 1. The van der Waals surface area contributed by atoms with Crippen LogP contribution in [-0.2, 0) is 11.3 Å². The van der Waals surface area contributed by atoms with Gasteiger partial charge in [0.05, 0.1) is 12.1 Å². The van der Waals surface area contributed by atoms with E-state index in [0.717, 1.165) is 40.9 Å². The summed E-state index contributed by atoms with van der Waals surface area (Å²) in [7, 11) is 0. The molecule has 0 aliphatic heterocycles. The molecular weight excluding hydrogens is 382 g/mol. The maximum atomic E-state index is 13.1. The number of amides is 1. The van der Waals surface area contributed by atoms with Crippen molar-refractivity contribution in [2.45, 2.75) is 51.5 Å².